The number of rotatable bonds is 6. The van der Waals surface area contributed by atoms with Gasteiger partial charge in [0, 0.05) is 19.0 Å². The van der Waals surface area contributed by atoms with Gasteiger partial charge in [-0.25, -0.2) is 0 Å². The van der Waals surface area contributed by atoms with Crippen LogP contribution < -0.4 is 11.1 Å². The van der Waals surface area contributed by atoms with Crippen LogP contribution in [-0.4, -0.2) is 29.6 Å². The Hall–Kier alpha value is -1.10. The highest BCUT2D eigenvalue weighted by atomic mass is 16.4. The zero-order valence-corrected chi connectivity index (χ0v) is 9.45. The smallest absolute Gasteiger partial charge is 0.303 e. The SMILES string of the molecule is NC1CCCC1C(=O)NCCCCC(=O)O. The zero-order chi connectivity index (χ0) is 12.0. The van der Waals surface area contributed by atoms with Gasteiger partial charge in [0.05, 0.1) is 5.92 Å². The topological polar surface area (TPSA) is 92.4 Å². The molecule has 1 rings (SSSR count). The van der Waals surface area contributed by atoms with E-state index in [2.05, 4.69) is 5.32 Å². The molecule has 2 unspecified atom stereocenters. The van der Waals surface area contributed by atoms with E-state index in [-0.39, 0.29) is 24.3 Å². The number of nitrogens with one attached hydrogen (secondary N) is 1. The molecule has 0 aliphatic heterocycles. The number of hydrogen-bond donors (Lipinski definition) is 3. The third-order valence-corrected chi connectivity index (χ3v) is 3.02. The molecule has 5 heteroatoms. The number of amides is 1. The molecule has 16 heavy (non-hydrogen) atoms. The summed E-state index contributed by atoms with van der Waals surface area (Å²) in [4.78, 5) is 21.9. The molecule has 0 aromatic carbocycles. The van der Waals surface area contributed by atoms with Crippen molar-refractivity contribution in [3.63, 3.8) is 0 Å². The monoisotopic (exact) mass is 228 g/mol. The van der Waals surface area contributed by atoms with Gasteiger partial charge in [-0.3, -0.25) is 9.59 Å². The van der Waals surface area contributed by atoms with Gasteiger partial charge >= 0.3 is 5.97 Å². The Bertz CT molecular complexity index is 256. The molecule has 1 saturated carbocycles. The van der Waals surface area contributed by atoms with Crippen molar-refractivity contribution in [2.45, 2.75) is 44.6 Å². The maximum atomic E-state index is 11.6. The van der Waals surface area contributed by atoms with Gasteiger partial charge in [-0.05, 0) is 25.7 Å². The number of carboxylic acid groups (broad SMARTS) is 1. The maximum absolute atomic E-state index is 11.6. The highest BCUT2D eigenvalue weighted by Crippen LogP contribution is 2.23. The van der Waals surface area contributed by atoms with Crippen molar-refractivity contribution in [2.75, 3.05) is 6.54 Å². The number of carbonyl (C=O) groups excluding carboxylic acids is 1. The van der Waals surface area contributed by atoms with Crippen molar-refractivity contribution in [2.24, 2.45) is 11.7 Å². The molecule has 0 spiro atoms. The molecule has 1 fully saturated rings. The van der Waals surface area contributed by atoms with E-state index in [0.717, 1.165) is 19.3 Å². The maximum Gasteiger partial charge on any atom is 0.303 e. The molecule has 1 amide bonds. The van der Waals surface area contributed by atoms with Crippen molar-refractivity contribution in [3.8, 4) is 0 Å². The van der Waals surface area contributed by atoms with Crippen LogP contribution in [0.25, 0.3) is 0 Å². The van der Waals surface area contributed by atoms with Gasteiger partial charge in [-0.15, -0.1) is 0 Å². The fourth-order valence-electron chi connectivity index (χ4n) is 2.06. The standard InChI is InChI=1S/C11H20N2O3/c12-9-5-3-4-8(9)11(16)13-7-2-1-6-10(14)15/h8-9H,1-7,12H2,(H,13,16)(H,14,15). The average Bonchev–Trinajstić information content (AvgIpc) is 2.63. The van der Waals surface area contributed by atoms with Crippen molar-refractivity contribution >= 4 is 11.9 Å². The fraction of sp³-hybridized carbons (Fsp3) is 0.818. The number of nitrogens with two attached hydrogens (primary N) is 1. The summed E-state index contributed by atoms with van der Waals surface area (Å²) in [5, 5.41) is 11.2. The van der Waals surface area contributed by atoms with Crippen LogP contribution in [0.15, 0.2) is 0 Å². The summed E-state index contributed by atoms with van der Waals surface area (Å²) in [6.45, 7) is 0.551. The average molecular weight is 228 g/mol. The molecule has 0 bridgehead atoms. The Kier molecular flexibility index (Phi) is 5.25. The molecule has 4 N–H and O–H groups in total. The van der Waals surface area contributed by atoms with Gasteiger partial charge in [-0.1, -0.05) is 6.42 Å². The molecule has 2 atom stereocenters. The number of carboxylic acids is 1. The molecular formula is C11H20N2O3. The van der Waals surface area contributed by atoms with Crippen molar-refractivity contribution in [3.05, 3.63) is 0 Å². The second kappa shape index (κ2) is 6.48. The van der Waals surface area contributed by atoms with Crippen LogP contribution in [0.4, 0.5) is 0 Å². The van der Waals surface area contributed by atoms with Gasteiger partial charge in [-0.2, -0.15) is 0 Å². The molecular weight excluding hydrogens is 208 g/mol. The van der Waals surface area contributed by atoms with Crippen LogP contribution >= 0.6 is 0 Å². The number of aliphatic carboxylic acids is 1. The number of hydrogen-bond acceptors (Lipinski definition) is 3. The largest absolute Gasteiger partial charge is 0.481 e. The van der Waals surface area contributed by atoms with E-state index in [1.807, 2.05) is 0 Å². The Balaban J connectivity index is 2.08. The minimum atomic E-state index is -0.788. The molecule has 5 nitrogen and oxygen atoms in total. The van der Waals surface area contributed by atoms with Crippen LogP contribution in [0.2, 0.25) is 0 Å². The summed E-state index contributed by atoms with van der Waals surface area (Å²) in [5.41, 5.74) is 5.81. The highest BCUT2D eigenvalue weighted by molar-refractivity contribution is 5.79. The fourth-order valence-corrected chi connectivity index (χ4v) is 2.06. The molecule has 1 aliphatic carbocycles. The predicted molar refractivity (Wildman–Crippen MR) is 59.8 cm³/mol. The van der Waals surface area contributed by atoms with Gasteiger partial charge in [0.15, 0.2) is 0 Å². The summed E-state index contributed by atoms with van der Waals surface area (Å²) >= 11 is 0. The normalized spacial score (nSPS) is 24.3. The van der Waals surface area contributed by atoms with Gasteiger partial charge in [0.1, 0.15) is 0 Å². The van der Waals surface area contributed by atoms with Crippen LogP contribution in [0, 0.1) is 5.92 Å². The van der Waals surface area contributed by atoms with Crippen molar-refractivity contribution in [1.82, 2.24) is 5.32 Å². The lowest BCUT2D eigenvalue weighted by Crippen LogP contribution is -2.38. The Morgan fingerprint density at radius 2 is 2.06 bits per heavy atom. The van der Waals surface area contributed by atoms with E-state index in [9.17, 15) is 9.59 Å². The lowest BCUT2D eigenvalue weighted by Gasteiger charge is -2.14. The van der Waals surface area contributed by atoms with Crippen molar-refractivity contribution < 1.29 is 14.7 Å². The number of carbonyl (C=O) groups is 2. The summed E-state index contributed by atoms with van der Waals surface area (Å²) < 4.78 is 0. The second-order valence-corrected chi connectivity index (χ2v) is 4.34. The molecule has 92 valence electrons. The van der Waals surface area contributed by atoms with Crippen LogP contribution in [0.3, 0.4) is 0 Å². The molecule has 0 heterocycles. The molecule has 0 saturated heterocycles. The summed E-state index contributed by atoms with van der Waals surface area (Å²) in [6.07, 6.45) is 4.31. The zero-order valence-electron chi connectivity index (χ0n) is 9.45. The Morgan fingerprint density at radius 1 is 1.31 bits per heavy atom. The van der Waals surface area contributed by atoms with Gasteiger partial charge in [0.25, 0.3) is 0 Å². The van der Waals surface area contributed by atoms with E-state index in [4.69, 9.17) is 10.8 Å². The van der Waals surface area contributed by atoms with Crippen LogP contribution in [0.5, 0.6) is 0 Å². The van der Waals surface area contributed by atoms with Gasteiger partial charge < -0.3 is 16.2 Å². The predicted octanol–water partition coefficient (Wildman–Crippen LogP) is 0.485. The first-order valence-corrected chi connectivity index (χ1v) is 5.86. The van der Waals surface area contributed by atoms with Crippen LogP contribution in [0.1, 0.15) is 38.5 Å². The highest BCUT2D eigenvalue weighted by Gasteiger charge is 2.29. The van der Waals surface area contributed by atoms with E-state index in [1.165, 1.54) is 0 Å². The number of unbranched alkanes of at least 4 members (excludes halogenated alkanes) is 1. The first kappa shape index (κ1) is 13.0. The first-order chi connectivity index (χ1) is 7.61. The Labute approximate surface area is 95.4 Å². The van der Waals surface area contributed by atoms with Gasteiger partial charge in [0.2, 0.25) is 5.91 Å². The van der Waals surface area contributed by atoms with Crippen molar-refractivity contribution in [1.29, 1.82) is 0 Å². The van der Waals surface area contributed by atoms with Crippen LogP contribution in [-0.2, 0) is 9.59 Å². The summed E-state index contributed by atoms with van der Waals surface area (Å²) in [7, 11) is 0. The minimum absolute atomic E-state index is 0.000908. The molecule has 0 aromatic heterocycles. The Morgan fingerprint density at radius 3 is 2.62 bits per heavy atom. The minimum Gasteiger partial charge on any atom is -0.481 e. The lowest BCUT2D eigenvalue weighted by atomic mass is 10.0. The molecule has 1 aliphatic rings. The molecule has 0 radical (unpaired) electrons. The lowest BCUT2D eigenvalue weighted by molar-refractivity contribution is -0.137. The molecule has 0 aromatic rings. The summed E-state index contributed by atoms with van der Waals surface area (Å²) in [6, 6.07) is -0.000908. The summed E-state index contributed by atoms with van der Waals surface area (Å²) in [5.74, 6) is -0.802. The quantitative estimate of drug-likeness (QED) is 0.577. The first-order valence-electron chi connectivity index (χ1n) is 5.86. The van der Waals surface area contributed by atoms with E-state index in [0.29, 0.717) is 19.4 Å². The third-order valence-electron chi connectivity index (χ3n) is 3.02. The van der Waals surface area contributed by atoms with E-state index >= 15 is 0 Å². The van der Waals surface area contributed by atoms with E-state index in [1.54, 1.807) is 0 Å². The van der Waals surface area contributed by atoms with E-state index < -0.39 is 5.97 Å². The second-order valence-electron chi connectivity index (χ2n) is 4.34. The third kappa shape index (κ3) is 4.18.